The Kier molecular flexibility index (Phi) is 4.48. The maximum Gasteiger partial charge on any atom is 0.178 e. The lowest BCUT2D eigenvalue weighted by Gasteiger charge is -2.15. The van der Waals surface area contributed by atoms with Crippen LogP contribution in [0.4, 0.5) is 0 Å². The van der Waals surface area contributed by atoms with Crippen molar-refractivity contribution in [3.8, 4) is 22.3 Å². The number of benzene rings is 6. The fourth-order valence-electron chi connectivity index (χ4n) is 6.60. The first-order valence-electron chi connectivity index (χ1n) is 13.9. The van der Waals surface area contributed by atoms with E-state index >= 15 is 0 Å². The van der Waals surface area contributed by atoms with Gasteiger partial charge in [-0.15, -0.1) is 0 Å². The minimum absolute atomic E-state index is 0.806. The van der Waals surface area contributed by atoms with Crippen molar-refractivity contribution in [2.75, 3.05) is 0 Å². The van der Waals surface area contributed by atoms with Gasteiger partial charge in [-0.1, -0.05) is 84.9 Å². The van der Waals surface area contributed by atoms with Gasteiger partial charge in [-0.05, 0) is 93.4 Å². The first-order valence-corrected chi connectivity index (χ1v) is 13.9. The van der Waals surface area contributed by atoms with Gasteiger partial charge in [0.15, 0.2) is 11.2 Å². The van der Waals surface area contributed by atoms with Crippen LogP contribution in [0.25, 0.3) is 83.0 Å². The molecular weight excluding hydrogens is 488 g/mol. The number of allylic oxidation sites excluding steroid dienone is 1. The van der Waals surface area contributed by atoms with E-state index in [-0.39, 0.29) is 0 Å². The van der Waals surface area contributed by atoms with Crippen molar-refractivity contribution in [3.05, 3.63) is 126 Å². The van der Waals surface area contributed by atoms with E-state index in [1.165, 1.54) is 44.2 Å². The fraction of sp³-hybridized carbons (Fsp3) is 0.0526. The van der Waals surface area contributed by atoms with Gasteiger partial charge in [0.25, 0.3) is 0 Å². The Bertz CT molecular complexity index is 2320. The molecular formula is C38H24O2. The molecule has 2 aromatic heterocycles. The molecule has 9 rings (SSSR count). The smallest absolute Gasteiger partial charge is 0.178 e. The molecule has 0 saturated carbocycles. The maximum absolute atomic E-state index is 6.46. The van der Waals surface area contributed by atoms with E-state index in [1.807, 2.05) is 0 Å². The highest BCUT2D eigenvalue weighted by atomic mass is 16.4. The van der Waals surface area contributed by atoms with E-state index in [0.717, 1.165) is 56.7 Å². The van der Waals surface area contributed by atoms with Crippen molar-refractivity contribution >= 4 is 60.7 Å². The average Bonchev–Trinajstić information content (AvgIpc) is 3.58. The average molecular weight is 513 g/mol. The number of hydrogen-bond acceptors (Lipinski definition) is 2. The Morgan fingerprint density at radius 2 is 1.15 bits per heavy atom. The zero-order valence-electron chi connectivity index (χ0n) is 21.8. The van der Waals surface area contributed by atoms with Gasteiger partial charge in [-0.2, -0.15) is 0 Å². The van der Waals surface area contributed by atoms with Crippen LogP contribution in [0, 0.1) is 0 Å². The third-order valence-electron chi connectivity index (χ3n) is 8.55. The second kappa shape index (κ2) is 8.21. The first kappa shape index (κ1) is 21.8. The molecule has 0 atom stereocenters. The molecule has 1 aliphatic rings. The second-order valence-corrected chi connectivity index (χ2v) is 10.8. The van der Waals surface area contributed by atoms with Gasteiger partial charge in [-0.25, -0.2) is 0 Å². The molecule has 0 saturated heterocycles. The Balaban J connectivity index is 1.23. The van der Waals surface area contributed by atoms with E-state index in [4.69, 9.17) is 8.83 Å². The third kappa shape index (κ3) is 3.11. The summed E-state index contributed by atoms with van der Waals surface area (Å²) in [6, 6.07) is 39.1. The highest BCUT2D eigenvalue weighted by Gasteiger charge is 2.18. The number of rotatable bonds is 2. The van der Waals surface area contributed by atoms with E-state index in [0.29, 0.717) is 0 Å². The molecule has 2 heterocycles. The summed E-state index contributed by atoms with van der Waals surface area (Å²) in [6.45, 7) is 0. The van der Waals surface area contributed by atoms with E-state index < -0.39 is 0 Å². The molecule has 0 N–H and O–H groups in total. The molecule has 0 fully saturated rings. The van der Waals surface area contributed by atoms with Crippen LogP contribution in [0.15, 0.2) is 124 Å². The molecule has 0 radical (unpaired) electrons. The van der Waals surface area contributed by atoms with Crippen LogP contribution < -0.4 is 0 Å². The van der Waals surface area contributed by atoms with Gasteiger partial charge in [-0.3, -0.25) is 0 Å². The zero-order valence-corrected chi connectivity index (χ0v) is 21.8. The summed E-state index contributed by atoms with van der Waals surface area (Å²) in [7, 11) is 0. The minimum Gasteiger partial charge on any atom is -0.452 e. The van der Waals surface area contributed by atoms with Crippen LogP contribution >= 0.6 is 0 Å². The summed E-state index contributed by atoms with van der Waals surface area (Å²) in [4.78, 5) is 0. The standard InChI is InChI=1S/C38H24O2/c1-3-11-27-23(7-1)9-5-13-29(27)25-15-19-35-33(21-25)31-17-18-32-34-22-26(16-20-36(34)40-38(32)37(31)39-35)30-14-6-10-24-8-2-4-12-28(24)30/h1,3-7,9-22H,2,8H2. The maximum atomic E-state index is 6.46. The van der Waals surface area contributed by atoms with Gasteiger partial charge >= 0.3 is 0 Å². The Morgan fingerprint density at radius 1 is 0.500 bits per heavy atom. The van der Waals surface area contributed by atoms with E-state index in [9.17, 15) is 0 Å². The van der Waals surface area contributed by atoms with Crippen LogP contribution in [0.1, 0.15) is 17.5 Å². The number of fused-ring (bicyclic) bond motifs is 9. The normalized spacial score (nSPS) is 13.2. The molecule has 2 heteroatoms. The lowest BCUT2D eigenvalue weighted by Crippen LogP contribution is -1.96. The minimum atomic E-state index is 0.806. The number of furan rings is 2. The highest BCUT2D eigenvalue weighted by molar-refractivity contribution is 6.19. The molecule has 2 nitrogen and oxygen atoms in total. The van der Waals surface area contributed by atoms with E-state index in [1.54, 1.807) is 0 Å². The van der Waals surface area contributed by atoms with Gasteiger partial charge in [0.2, 0.25) is 0 Å². The summed E-state index contributed by atoms with van der Waals surface area (Å²) >= 11 is 0. The quantitative estimate of drug-likeness (QED) is 0.230. The number of aryl methyl sites for hydroxylation is 1. The molecule has 40 heavy (non-hydrogen) atoms. The predicted octanol–water partition coefficient (Wildman–Crippen LogP) is 10.9. The Hall–Kier alpha value is -5.08. The molecule has 0 aliphatic heterocycles. The molecule has 8 aromatic rings. The van der Waals surface area contributed by atoms with Crippen molar-refractivity contribution < 1.29 is 8.83 Å². The lowest BCUT2D eigenvalue weighted by molar-refractivity contribution is 0.633. The van der Waals surface area contributed by atoms with Crippen molar-refractivity contribution in [1.29, 1.82) is 0 Å². The van der Waals surface area contributed by atoms with Crippen LogP contribution in [0.5, 0.6) is 0 Å². The first-order chi connectivity index (χ1) is 19.8. The number of hydrogen-bond donors (Lipinski definition) is 0. The summed E-state index contributed by atoms with van der Waals surface area (Å²) in [5, 5.41) is 6.87. The third-order valence-corrected chi connectivity index (χ3v) is 8.55. The van der Waals surface area contributed by atoms with Crippen molar-refractivity contribution in [2.45, 2.75) is 12.8 Å². The Labute approximate surface area is 230 Å². The van der Waals surface area contributed by atoms with Crippen LogP contribution in [0.2, 0.25) is 0 Å². The molecule has 0 unspecified atom stereocenters. The van der Waals surface area contributed by atoms with Gasteiger partial charge in [0, 0.05) is 21.5 Å². The molecule has 0 spiro atoms. The largest absolute Gasteiger partial charge is 0.452 e. The molecule has 6 aromatic carbocycles. The molecule has 1 aliphatic carbocycles. The topological polar surface area (TPSA) is 26.3 Å². The summed E-state index contributed by atoms with van der Waals surface area (Å²) in [5.74, 6) is 0. The molecule has 0 bridgehead atoms. The van der Waals surface area contributed by atoms with E-state index in [2.05, 4.69) is 121 Å². The van der Waals surface area contributed by atoms with Gasteiger partial charge in [0.05, 0.1) is 0 Å². The van der Waals surface area contributed by atoms with Crippen molar-refractivity contribution in [3.63, 3.8) is 0 Å². The molecule has 188 valence electrons. The fourth-order valence-corrected chi connectivity index (χ4v) is 6.60. The predicted molar refractivity (Wildman–Crippen MR) is 167 cm³/mol. The summed E-state index contributed by atoms with van der Waals surface area (Å²) < 4.78 is 12.9. The SMILES string of the molecule is C1=Cc2c(cccc2-c2ccc3oc4c(ccc5c6cc(-c7cccc8ccccc78)ccc6oc54)c3c2)CC1. The molecule has 0 amide bonds. The van der Waals surface area contributed by atoms with Gasteiger partial charge < -0.3 is 8.83 Å². The lowest BCUT2D eigenvalue weighted by atomic mass is 9.89. The van der Waals surface area contributed by atoms with Crippen LogP contribution in [-0.4, -0.2) is 0 Å². The second-order valence-electron chi connectivity index (χ2n) is 10.8. The van der Waals surface area contributed by atoms with Crippen molar-refractivity contribution in [2.24, 2.45) is 0 Å². The van der Waals surface area contributed by atoms with Crippen LogP contribution in [-0.2, 0) is 6.42 Å². The van der Waals surface area contributed by atoms with Gasteiger partial charge in [0.1, 0.15) is 11.2 Å². The Morgan fingerprint density at radius 3 is 1.93 bits per heavy atom. The zero-order chi connectivity index (χ0) is 26.2. The monoisotopic (exact) mass is 512 g/mol. The summed E-state index contributed by atoms with van der Waals surface area (Å²) in [6.07, 6.45) is 6.76. The highest BCUT2D eigenvalue weighted by Crippen LogP contribution is 2.42. The van der Waals surface area contributed by atoms with Crippen LogP contribution in [0.3, 0.4) is 0 Å². The summed E-state index contributed by atoms with van der Waals surface area (Å²) in [5.41, 5.74) is 11.0. The van der Waals surface area contributed by atoms with Crippen molar-refractivity contribution in [1.82, 2.24) is 0 Å².